The summed E-state index contributed by atoms with van der Waals surface area (Å²) >= 11 is 0. The first kappa shape index (κ1) is 27.4. The Morgan fingerprint density at radius 2 is 1.14 bits per heavy atom. The Bertz CT molecular complexity index is 2920. The molecule has 1 aromatic heterocycles. The van der Waals surface area contributed by atoms with Crippen molar-refractivity contribution in [3.63, 3.8) is 0 Å². The molecule has 10 rings (SSSR count). The Morgan fingerprint density at radius 3 is 1.96 bits per heavy atom. The molecule has 0 fully saturated rings. The molecule has 1 aliphatic carbocycles. The molecule has 0 amide bonds. The molecule has 0 aliphatic heterocycles. The van der Waals surface area contributed by atoms with E-state index in [-0.39, 0.29) is 17.5 Å². The minimum absolute atomic E-state index is 0.179. The van der Waals surface area contributed by atoms with Gasteiger partial charge in [-0.1, -0.05) is 129 Å². The molecule has 0 saturated carbocycles. The maximum atomic E-state index is 9.27. The highest BCUT2D eigenvalue weighted by Crippen LogP contribution is 2.49. The van der Waals surface area contributed by atoms with Gasteiger partial charge in [0.25, 0.3) is 0 Å². The summed E-state index contributed by atoms with van der Waals surface area (Å²) in [6, 6.07) is 59.9. The summed E-state index contributed by atoms with van der Waals surface area (Å²) in [7, 11) is 0. The predicted molar refractivity (Wildman–Crippen MR) is 218 cm³/mol. The minimum atomic E-state index is -0.179. The molecule has 0 bridgehead atoms. The van der Waals surface area contributed by atoms with Crippen molar-refractivity contribution in [2.45, 2.75) is 19.3 Å². The zero-order valence-corrected chi connectivity index (χ0v) is 28.6. The molecule has 8 aromatic carbocycles. The molecule has 1 aliphatic rings. The quantitative estimate of drug-likeness (QED) is 0.128. The molecule has 0 N–H and O–H groups in total. The van der Waals surface area contributed by atoms with E-state index in [2.05, 4.69) is 175 Å². The van der Waals surface area contributed by atoms with Crippen molar-refractivity contribution in [3.8, 4) is 5.69 Å². The van der Waals surface area contributed by atoms with E-state index in [4.69, 9.17) is 0 Å². The van der Waals surface area contributed by atoms with Gasteiger partial charge in [-0.15, -0.1) is 0 Å². The zero-order chi connectivity index (χ0) is 35.8. The lowest BCUT2D eigenvalue weighted by atomic mass is 9.81. The third-order valence-corrected chi connectivity index (χ3v) is 10.7. The van der Waals surface area contributed by atoms with Crippen LogP contribution in [0.3, 0.4) is 0 Å². The SMILES string of the molecule is [2H]/C(=C(/[2H])c1cc2c3c(ccc4cccc(c43)C2(C)C)c1)c1ccc(N(c2ccccc2)c2ccc3c(c2)c2ccccc2n3-c2ccccc2)cc1. The predicted octanol–water partition coefficient (Wildman–Crippen LogP) is 13.4. The van der Waals surface area contributed by atoms with Crippen LogP contribution in [-0.2, 0) is 5.41 Å². The second kappa shape index (κ2) is 11.3. The first-order valence-electron chi connectivity index (χ1n) is 18.6. The Labute approximate surface area is 301 Å². The van der Waals surface area contributed by atoms with E-state index in [1.807, 2.05) is 18.2 Å². The fraction of sp³-hybridized carbons (Fsp3) is 0.0612. The van der Waals surface area contributed by atoms with Crippen LogP contribution >= 0.6 is 0 Å². The molecule has 0 atom stereocenters. The number of fused-ring (bicyclic) bond motifs is 3. The van der Waals surface area contributed by atoms with Crippen molar-refractivity contribution in [2.75, 3.05) is 4.90 Å². The summed E-state index contributed by atoms with van der Waals surface area (Å²) in [6.45, 7) is 4.54. The lowest BCUT2D eigenvalue weighted by Gasteiger charge is -2.25. The Kier molecular flexibility index (Phi) is 6.10. The Hall–Kier alpha value is -6.38. The van der Waals surface area contributed by atoms with Crippen LogP contribution in [0.5, 0.6) is 0 Å². The van der Waals surface area contributed by atoms with E-state index in [9.17, 15) is 2.74 Å². The summed E-state index contributed by atoms with van der Waals surface area (Å²) < 4.78 is 20.8. The Morgan fingerprint density at radius 1 is 0.490 bits per heavy atom. The molecule has 1 heterocycles. The lowest BCUT2D eigenvalue weighted by molar-refractivity contribution is 0.662. The Balaban J connectivity index is 1.06. The van der Waals surface area contributed by atoms with Crippen molar-refractivity contribution in [3.05, 3.63) is 192 Å². The summed E-state index contributed by atoms with van der Waals surface area (Å²) in [5, 5.41) is 7.35. The fourth-order valence-corrected chi connectivity index (χ4v) is 8.29. The van der Waals surface area contributed by atoms with Crippen molar-refractivity contribution < 1.29 is 2.74 Å². The average Bonchev–Trinajstić information content (AvgIpc) is 3.66. The standard InChI is InChI=1S/C49H36N2/c1-49(2)43-18-11-12-35-24-25-36-30-34(31-44(49)48(36)47(35)43)21-20-33-22-26-39(27-23-33)50(37-13-5-3-6-14-37)40-28-29-46-42(32-40)41-17-9-10-19-45(41)51(46)38-15-7-4-8-16-38/h3-32H,1-2H3/b21-20+/i20D,21D. The fourth-order valence-electron chi connectivity index (χ4n) is 8.29. The van der Waals surface area contributed by atoms with Crippen LogP contribution < -0.4 is 4.90 Å². The third kappa shape index (κ3) is 4.64. The van der Waals surface area contributed by atoms with Gasteiger partial charge >= 0.3 is 0 Å². The summed E-state index contributed by atoms with van der Waals surface area (Å²) in [6.07, 6.45) is 0. The van der Waals surface area contributed by atoms with Crippen LogP contribution in [0.2, 0.25) is 0 Å². The molecule has 2 heteroatoms. The van der Waals surface area contributed by atoms with E-state index in [0.29, 0.717) is 5.56 Å². The van der Waals surface area contributed by atoms with Gasteiger partial charge in [-0.3, -0.25) is 0 Å². The number of benzene rings is 8. The monoisotopic (exact) mass is 654 g/mol. The highest BCUT2D eigenvalue weighted by molar-refractivity contribution is 6.15. The number of aromatic nitrogens is 1. The van der Waals surface area contributed by atoms with Gasteiger partial charge in [-0.05, 0) is 111 Å². The van der Waals surface area contributed by atoms with Gasteiger partial charge in [-0.2, -0.15) is 0 Å². The van der Waals surface area contributed by atoms with E-state index in [1.54, 1.807) is 0 Å². The summed E-state index contributed by atoms with van der Waals surface area (Å²) in [5.41, 5.74) is 10.4. The van der Waals surface area contributed by atoms with Crippen molar-refractivity contribution >= 4 is 72.5 Å². The van der Waals surface area contributed by atoms with E-state index in [0.717, 1.165) is 39.2 Å². The van der Waals surface area contributed by atoms with Crippen LogP contribution in [0.15, 0.2) is 170 Å². The normalized spacial score (nSPS) is 14.3. The molecule has 0 spiro atoms. The maximum Gasteiger partial charge on any atom is 0.0629 e. The van der Waals surface area contributed by atoms with Gasteiger partial charge in [0.1, 0.15) is 0 Å². The summed E-state index contributed by atoms with van der Waals surface area (Å²) in [4.78, 5) is 2.26. The molecule has 0 saturated heterocycles. The van der Waals surface area contributed by atoms with E-state index in [1.165, 1.54) is 43.6 Å². The molecular weight excluding hydrogens is 617 g/mol. The lowest BCUT2D eigenvalue weighted by Crippen LogP contribution is -2.15. The molecule has 242 valence electrons. The average molecular weight is 655 g/mol. The number of rotatable bonds is 6. The van der Waals surface area contributed by atoms with Gasteiger partial charge in [0.2, 0.25) is 0 Å². The van der Waals surface area contributed by atoms with E-state index >= 15 is 0 Å². The van der Waals surface area contributed by atoms with Gasteiger partial charge in [0.05, 0.1) is 13.8 Å². The number of hydrogen-bond acceptors (Lipinski definition) is 1. The van der Waals surface area contributed by atoms with Gasteiger partial charge in [0, 0.05) is 38.9 Å². The van der Waals surface area contributed by atoms with Gasteiger partial charge < -0.3 is 9.47 Å². The van der Waals surface area contributed by atoms with E-state index < -0.39 is 0 Å². The first-order valence-corrected chi connectivity index (χ1v) is 17.6. The number of hydrogen-bond donors (Lipinski definition) is 0. The third-order valence-electron chi connectivity index (χ3n) is 10.7. The van der Waals surface area contributed by atoms with Crippen molar-refractivity contribution in [1.29, 1.82) is 0 Å². The van der Waals surface area contributed by atoms with Crippen LogP contribution in [0.1, 0.15) is 38.8 Å². The number of nitrogens with zero attached hydrogens (tertiary/aromatic N) is 2. The van der Waals surface area contributed by atoms with Crippen LogP contribution in [-0.4, -0.2) is 4.57 Å². The van der Waals surface area contributed by atoms with Crippen molar-refractivity contribution in [2.24, 2.45) is 0 Å². The second-order valence-electron chi connectivity index (χ2n) is 14.1. The zero-order valence-electron chi connectivity index (χ0n) is 30.6. The number of anilines is 3. The maximum absolute atomic E-state index is 9.27. The van der Waals surface area contributed by atoms with Crippen LogP contribution in [0, 0.1) is 0 Å². The summed E-state index contributed by atoms with van der Waals surface area (Å²) in [5.74, 6) is 0. The molecule has 0 radical (unpaired) electrons. The van der Waals surface area contributed by atoms with Gasteiger partial charge in [-0.25, -0.2) is 0 Å². The van der Waals surface area contributed by atoms with Gasteiger partial charge in [0.15, 0.2) is 0 Å². The first-order chi connectivity index (χ1) is 25.9. The largest absolute Gasteiger partial charge is 0.310 e. The highest BCUT2D eigenvalue weighted by atomic mass is 15.1. The molecule has 51 heavy (non-hydrogen) atoms. The molecular formula is C49H36N2. The topological polar surface area (TPSA) is 8.17 Å². The molecule has 0 unspecified atom stereocenters. The molecule has 9 aromatic rings. The smallest absolute Gasteiger partial charge is 0.0629 e. The number of para-hydroxylation sites is 3. The molecule has 2 nitrogen and oxygen atoms in total. The highest BCUT2D eigenvalue weighted by Gasteiger charge is 2.33. The van der Waals surface area contributed by atoms with Crippen LogP contribution in [0.4, 0.5) is 17.1 Å². The van der Waals surface area contributed by atoms with Crippen LogP contribution in [0.25, 0.3) is 61.1 Å². The second-order valence-corrected chi connectivity index (χ2v) is 14.1. The van der Waals surface area contributed by atoms with Crippen molar-refractivity contribution in [1.82, 2.24) is 4.57 Å². The minimum Gasteiger partial charge on any atom is -0.310 e.